The molecule has 1 aromatic heterocycles. The van der Waals surface area contributed by atoms with Crippen molar-refractivity contribution in [3.8, 4) is 0 Å². The zero-order chi connectivity index (χ0) is 14.4. The minimum absolute atomic E-state index is 0.0372. The number of aromatic nitrogens is 1. The molecule has 1 aliphatic heterocycles. The lowest BCUT2D eigenvalue weighted by atomic mass is 10.1. The van der Waals surface area contributed by atoms with Crippen molar-refractivity contribution in [1.82, 2.24) is 4.98 Å². The molecule has 0 spiro atoms. The highest BCUT2D eigenvalue weighted by molar-refractivity contribution is 9.10. The number of pyridine rings is 1. The molecule has 0 aliphatic carbocycles. The number of halogens is 1. The molecule has 0 aromatic carbocycles. The van der Waals surface area contributed by atoms with Crippen LogP contribution in [0.3, 0.4) is 0 Å². The summed E-state index contributed by atoms with van der Waals surface area (Å²) in [7, 11) is 0. The first-order chi connectivity index (χ1) is 9.69. The fraction of sp³-hybridized carbons (Fsp3) is 0.500. The second kappa shape index (κ2) is 7.38. The van der Waals surface area contributed by atoms with Crippen LogP contribution in [0.1, 0.15) is 38.3 Å². The van der Waals surface area contributed by atoms with E-state index in [1.807, 2.05) is 19.1 Å². The molecule has 0 saturated heterocycles. The summed E-state index contributed by atoms with van der Waals surface area (Å²) in [4.78, 5) is 20.8. The summed E-state index contributed by atoms with van der Waals surface area (Å²) in [5.41, 5.74) is 1.65. The Labute approximate surface area is 126 Å². The number of rotatable bonds is 6. The van der Waals surface area contributed by atoms with Gasteiger partial charge in [-0.2, -0.15) is 0 Å². The predicted octanol–water partition coefficient (Wildman–Crippen LogP) is 3.07. The first kappa shape index (κ1) is 15.0. The van der Waals surface area contributed by atoms with Crippen LogP contribution in [0, 0.1) is 0 Å². The molecule has 6 heteroatoms. The molecule has 0 N–H and O–H groups in total. The molecule has 20 heavy (non-hydrogen) atoms. The number of hydrogen-bond donors (Lipinski definition) is 0. The van der Waals surface area contributed by atoms with Gasteiger partial charge in [-0.25, -0.2) is 0 Å². The van der Waals surface area contributed by atoms with Gasteiger partial charge in [0, 0.05) is 29.9 Å². The van der Waals surface area contributed by atoms with Crippen molar-refractivity contribution in [2.24, 2.45) is 5.16 Å². The lowest BCUT2D eigenvalue weighted by Crippen LogP contribution is -2.14. The van der Waals surface area contributed by atoms with E-state index in [0.717, 1.165) is 22.3 Å². The van der Waals surface area contributed by atoms with Crippen LogP contribution in [0.2, 0.25) is 0 Å². The second-order valence-electron chi connectivity index (χ2n) is 4.59. The van der Waals surface area contributed by atoms with E-state index in [2.05, 4.69) is 26.1 Å². The zero-order valence-corrected chi connectivity index (χ0v) is 12.9. The van der Waals surface area contributed by atoms with Crippen LogP contribution in [0.15, 0.2) is 28.0 Å². The standard InChI is InChI=1S/C14H17BrN2O3/c1-2-3-14(18)19-7-6-11-8-13(17-20-11)12-5-4-10(15)9-16-12/h4-5,9,11H,2-3,6-8H2,1H3. The minimum Gasteiger partial charge on any atom is -0.466 e. The highest BCUT2D eigenvalue weighted by Crippen LogP contribution is 2.19. The highest BCUT2D eigenvalue weighted by Gasteiger charge is 2.23. The van der Waals surface area contributed by atoms with Gasteiger partial charge >= 0.3 is 5.97 Å². The van der Waals surface area contributed by atoms with Crippen LogP contribution in [-0.2, 0) is 14.4 Å². The summed E-state index contributed by atoms with van der Waals surface area (Å²) in [6, 6.07) is 3.82. The molecule has 1 atom stereocenters. The van der Waals surface area contributed by atoms with Crippen molar-refractivity contribution in [3.63, 3.8) is 0 Å². The number of hydrogen-bond acceptors (Lipinski definition) is 5. The van der Waals surface area contributed by atoms with Gasteiger partial charge < -0.3 is 9.57 Å². The topological polar surface area (TPSA) is 60.8 Å². The molecular formula is C14H17BrN2O3. The van der Waals surface area contributed by atoms with Gasteiger partial charge in [0.25, 0.3) is 0 Å². The maximum absolute atomic E-state index is 11.2. The summed E-state index contributed by atoms with van der Waals surface area (Å²) in [5, 5.41) is 4.05. The number of oxime groups is 1. The molecule has 5 nitrogen and oxygen atoms in total. The Balaban J connectivity index is 1.74. The quantitative estimate of drug-likeness (QED) is 0.746. The van der Waals surface area contributed by atoms with E-state index in [1.165, 1.54) is 0 Å². The smallest absolute Gasteiger partial charge is 0.305 e. The normalized spacial score (nSPS) is 17.5. The van der Waals surface area contributed by atoms with Crippen molar-refractivity contribution in [2.45, 2.75) is 38.7 Å². The molecule has 1 aliphatic rings. The molecule has 1 aromatic rings. The maximum Gasteiger partial charge on any atom is 0.305 e. The number of carbonyl (C=O) groups is 1. The van der Waals surface area contributed by atoms with Crippen molar-refractivity contribution >= 4 is 27.6 Å². The van der Waals surface area contributed by atoms with Gasteiger partial charge in [0.05, 0.1) is 12.3 Å². The number of ether oxygens (including phenoxy) is 1. The van der Waals surface area contributed by atoms with Crippen LogP contribution in [0.5, 0.6) is 0 Å². The van der Waals surface area contributed by atoms with Crippen molar-refractivity contribution < 1.29 is 14.4 Å². The maximum atomic E-state index is 11.2. The average molecular weight is 341 g/mol. The van der Waals surface area contributed by atoms with Crippen LogP contribution in [0.25, 0.3) is 0 Å². The molecule has 0 bridgehead atoms. The van der Waals surface area contributed by atoms with Gasteiger partial charge in [-0.1, -0.05) is 12.1 Å². The lowest BCUT2D eigenvalue weighted by Gasteiger charge is -2.08. The van der Waals surface area contributed by atoms with Crippen LogP contribution < -0.4 is 0 Å². The molecule has 0 radical (unpaired) electrons. The fourth-order valence-corrected chi connectivity index (χ4v) is 2.10. The van der Waals surface area contributed by atoms with Gasteiger partial charge in [0.1, 0.15) is 11.8 Å². The van der Waals surface area contributed by atoms with Crippen molar-refractivity contribution in [1.29, 1.82) is 0 Å². The first-order valence-corrected chi connectivity index (χ1v) is 7.48. The summed E-state index contributed by atoms with van der Waals surface area (Å²) >= 11 is 3.34. The molecule has 2 rings (SSSR count). The largest absolute Gasteiger partial charge is 0.466 e. The monoisotopic (exact) mass is 340 g/mol. The molecule has 1 unspecified atom stereocenters. The highest BCUT2D eigenvalue weighted by atomic mass is 79.9. The van der Waals surface area contributed by atoms with Crippen LogP contribution >= 0.6 is 15.9 Å². The fourth-order valence-electron chi connectivity index (χ4n) is 1.86. The Kier molecular flexibility index (Phi) is 5.52. The van der Waals surface area contributed by atoms with Crippen molar-refractivity contribution in [2.75, 3.05) is 6.61 Å². The third kappa shape index (κ3) is 4.30. The van der Waals surface area contributed by atoms with E-state index in [0.29, 0.717) is 25.9 Å². The van der Waals surface area contributed by atoms with Gasteiger partial charge in [-0.15, -0.1) is 0 Å². The van der Waals surface area contributed by atoms with E-state index in [4.69, 9.17) is 9.57 Å². The van der Waals surface area contributed by atoms with Gasteiger partial charge in [0.2, 0.25) is 0 Å². The Hall–Kier alpha value is -1.43. The number of nitrogens with zero attached hydrogens (tertiary/aromatic N) is 2. The Morgan fingerprint density at radius 1 is 1.55 bits per heavy atom. The number of esters is 1. The summed E-state index contributed by atoms with van der Waals surface area (Å²) in [6.07, 6.45) is 4.32. The van der Waals surface area contributed by atoms with Crippen LogP contribution in [0.4, 0.5) is 0 Å². The molecule has 2 heterocycles. The molecule has 0 fully saturated rings. The summed E-state index contributed by atoms with van der Waals surface area (Å²) in [6.45, 7) is 2.33. The van der Waals surface area contributed by atoms with E-state index in [1.54, 1.807) is 6.20 Å². The van der Waals surface area contributed by atoms with E-state index < -0.39 is 0 Å². The Bertz CT molecular complexity index is 488. The number of carbonyl (C=O) groups excluding carboxylic acids is 1. The average Bonchev–Trinajstić information content (AvgIpc) is 2.89. The van der Waals surface area contributed by atoms with Gasteiger partial charge in [0.15, 0.2) is 0 Å². The first-order valence-electron chi connectivity index (χ1n) is 6.69. The Morgan fingerprint density at radius 3 is 3.10 bits per heavy atom. The third-order valence-corrected chi connectivity index (χ3v) is 3.38. The minimum atomic E-state index is -0.152. The summed E-state index contributed by atoms with van der Waals surface area (Å²) < 4.78 is 6.04. The predicted molar refractivity (Wildman–Crippen MR) is 78.4 cm³/mol. The van der Waals surface area contributed by atoms with Gasteiger partial charge in [-0.3, -0.25) is 9.78 Å². The van der Waals surface area contributed by atoms with Gasteiger partial charge in [-0.05, 0) is 34.5 Å². The van der Waals surface area contributed by atoms with E-state index >= 15 is 0 Å². The van der Waals surface area contributed by atoms with E-state index in [9.17, 15) is 4.79 Å². The Morgan fingerprint density at radius 2 is 2.40 bits per heavy atom. The van der Waals surface area contributed by atoms with Crippen LogP contribution in [-0.4, -0.2) is 29.4 Å². The third-order valence-electron chi connectivity index (χ3n) is 2.91. The SMILES string of the molecule is CCCC(=O)OCCC1CC(c2ccc(Br)cn2)=NO1. The molecular weight excluding hydrogens is 324 g/mol. The second-order valence-corrected chi connectivity index (χ2v) is 5.51. The van der Waals surface area contributed by atoms with Crippen molar-refractivity contribution in [3.05, 3.63) is 28.5 Å². The molecule has 0 amide bonds. The van der Waals surface area contributed by atoms with E-state index in [-0.39, 0.29) is 12.1 Å². The summed E-state index contributed by atoms with van der Waals surface area (Å²) in [5.74, 6) is -0.152. The molecule has 108 valence electrons. The lowest BCUT2D eigenvalue weighted by molar-refractivity contribution is -0.144. The molecule has 0 saturated carbocycles. The zero-order valence-electron chi connectivity index (χ0n) is 11.3.